The topological polar surface area (TPSA) is 97.0 Å². The summed E-state index contributed by atoms with van der Waals surface area (Å²) in [6.07, 6.45) is 1.14. The third kappa shape index (κ3) is 4.99. The Balaban J connectivity index is 1.23. The highest BCUT2D eigenvalue weighted by molar-refractivity contribution is 9.10. The van der Waals surface area contributed by atoms with Crippen LogP contribution in [0.2, 0.25) is 0 Å². The predicted molar refractivity (Wildman–Crippen MR) is 117 cm³/mol. The molecule has 2 aromatic carbocycles. The molecule has 9 heteroatoms. The molecule has 0 unspecified atom stereocenters. The van der Waals surface area contributed by atoms with Gasteiger partial charge in [-0.2, -0.15) is 0 Å². The van der Waals surface area contributed by atoms with Crippen LogP contribution in [0.5, 0.6) is 11.5 Å². The van der Waals surface area contributed by atoms with Crippen LogP contribution >= 0.6 is 15.9 Å². The molecule has 0 spiro atoms. The van der Waals surface area contributed by atoms with Crippen molar-refractivity contribution < 1.29 is 23.9 Å². The largest absolute Gasteiger partial charge is 0.454 e. The quantitative estimate of drug-likeness (QED) is 0.675. The van der Waals surface area contributed by atoms with E-state index >= 15 is 0 Å². The van der Waals surface area contributed by atoms with Gasteiger partial charge in [0, 0.05) is 35.2 Å². The number of nitrogens with one attached hydrogen (secondary N) is 2. The minimum absolute atomic E-state index is 0.0752. The monoisotopic (exact) mass is 487 g/mol. The third-order valence-corrected chi connectivity index (χ3v) is 6.07. The van der Waals surface area contributed by atoms with Gasteiger partial charge in [0.05, 0.1) is 12.1 Å². The van der Waals surface area contributed by atoms with Crippen LogP contribution in [0.4, 0.5) is 5.69 Å². The zero-order chi connectivity index (χ0) is 21.8. The number of hydrogen-bond donors (Lipinski definition) is 2. The Morgan fingerprint density at radius 2 is 1.77 bits per heavy atom. The molecule has 31 heavy (non-hydrogen) atoms. The zero-order valence-electron chi connectivity index (χ0n) is 16.7. The van der Waals surface area contributed by atoms with E-state index in [0.717, 1.165) is 0 Å². The van der Waals surface area contributed by atoms with Crippen LogP contribution in [-0.2, 0) is 9.59 Å². The lowest BCUT2D eigenvalue weighted by atomic mass is 9.95. The number of anilines is 1. The van der Waals surface area contributed by atoms with Gasteiger partial charge < -0.3 is 25.0 Å². The van der Waals surface area contributed by atoms with Gasteiger partial charge in [0.15, 0.2) is 11.5 Å². The van der Waals surface area contributed by atoms with Crippen molar-refractivity contribution in [3.05, 3.63) is 52.5 Å². The van der Waals surface area contributed by atoms with Crippen LogP contribution in [0, 0.1) is 5.92 Å². The van der Waals surface area contributed by atoms with Gasteiger partial charge in [-0.05, 0) is 53.0 Å². The number of carbonyl (C=O) groups is 3. The normalized spacial score (nSPS) is 15.5. The lowest BCUT2D eigenvalue weighted by Gasteiger charge is -2.31. The highest BCUT2D eigenvalue weighted by atomic mass is 79.9. The maximum absolute atomic E-state index is 12.6. The minimum Gasteiger partial charge on any atom is -0.454 e. The van der Waals surface area contributed by atoms with E-state index in [2.05, 4.69) is 26.6 Å². The van der Waals surface area contributed by atoms with Crippen molar-refractivity contribution in [3.8, 4) is 11.5 Å². The van der Waals surface area contributed by atoms with E-state index < -0.39 is 0 Å². The molecule has 2 N–H and O–H groups in total. The van der Waals surface area contributed by atoms with Crippen molar-refractivity contribution in [2.24, 2.45) is 5.92 Å². The average Bonchev–Trinajstić information content (AvgIpc) is 3.25. The molecular weight excluding hydrogens is 466 g/mol. The summed E-state index contributed by atoms with van der Waals surface area (Å²) in [5.41, 5.74) is 1.14. The molecule has 8 nitrogen and oxygen atoms in total. The minimum atomic E-state index is -0.307. The fourth-order valence-corrected chi connectivity index (χ4v) is 4.08. The lowest BCUT2D eigenvalue weighted by molar-refractivity contribution is -0.133. The molecule has 0 radical (unpaired) electrons. The molecule has 1 saturated heterocycles. The number of ether oxygens (including phenoxy) is 2. The molecule has 0 saturated carbocycles. The van der Waals surface area contributed by atoms with Crippen molar-refractivity contribution in [3.63, 3.8) is 0 Å². The highest BCUT2D eigenvalue weighted by Gasteiger charge is 2.28. The molecule has 2 aliphatic heterocycles. The Hall–Kier alpha value is -3.07. The number of hydrogen-bond acceptors (Lipinski definition) is 5. The number of nitrogens with zero attached hydrogens (tertiary/aromatic N) is 1. The number of likely N-dealkylation sites (tertiary alicyclic amines) is 1. The zero-order valence-corrected chi connectivity index (χ0v) is 18.3. The van der Waals surface area contributed by atoms with Crippen molar-refractivity contribution in [1.29, 1.82) is 0 Å². The first-order valence-electron chi connectivity index (χ1n) is 10.0. The number of fused-ring (bicyclic) bond motifs is 1. The molecule has 0 bridgehead atoms. The Bertz CT molecular complexity index is 1000. The van der Waals surface area contributed by atoms with Crippen molar-refractivity contribution in [2.75, 3.05) is 31.7 Å². The van der Waals surface area contributed by atoms with Crippen LogP contribution in [0.25, 0.3) is 0 Å². The second-order valence-corrected chi connectivity index (χ2v) is 8.23. The summed E-state index contributed by atoms with van der Waals surface area (Å²) in [7, 11) is 0. The van der Waals surface area contributed by atoms with E-state index in [-0.39, 0.29) is 37.0 Å². The Morgan fingerprint density at radius 3 is 2.55 bits per heavy atom. The molecule has 0 aromatic heterocycles. The second-order valence-electron chi connectivity index (χ2n) is 7.37. The summed E-state index contributed by atoms with van der Waals surface area (Å²) in [4.78, 5) is 39.0. The summed E-state index contributed by atoms with van der Waals surface area (Å²) in [6, 6.07) is 12.3. The average molecular weight is 488 g/mol. The fraction of sp³-hybridized carbons (Fsp3) is 0.318. The number of halogens is 1. The summed E-state index contributed by atoms with van der Waals surface area (Å²) in [5.74, 6) is 0.561. The van der Waals surface area contributed by atoms with Crippen LogP contribution in [0.1, 0.15) is 23.2 Å². The van der Waals surface area contributed by atoms with Gasteiger partial charge in [-0.25, -0.2) is 0 Å². The second kappa shape index (κ2) is 9.38. The van der Waals surface area contributed by atoms with Gasteiger partial charge in [-0.15, -0.1) is 0 Å². The molecule has 162 valence electrons. The molecule has 0 aliphatic carbocycles. The van der Waals surface area contributed by atoms with E-state index in [1.165, 1.54) is 0 Å². The number of carbonyl (C=O) groups excluding carboxylic acids is 3. The van der Waals surface area contributed by atoms with Crippen LogP contribution in [0.3, 0.4) is 0 Å². The van der Waals surface area contributed by atoms with E-state index in [4.69, 9.17) is 9.47 Å². The predicted octanol–water partition coefficient (Wildman–Crippen LogP) is 2.78. The first-order chi connectivity index (χ1) is 15.0. The van der Waals surface area contributed by atoms with Crippen LogP contribution in [-0.4, -0.2) is 49.0 Å². The molecule has 3 amide bonds. The number of benzene rings is 2. The van der Waals surface area contributed by atoms with Gasteiger partial charge >= 0.3 is 0 Å². The Morgan fingerprint density at radius 1 is 1.03 bits per heavy atom. The lowest BCUT2D eigenvalue weighted by Crippen LogP contribution is -2.45. The summed E-state index contributed by atoms with van der Waals surface area (Å²) in [6.45, 7) is 1.06. The Labute approximate surface area is 188 Å². The van der Waals surface area contributed by atoms with Gasteiger partial charge in [0.25, 0.3) is 5.91 Å². The summed E-state index contributed by atoms with van der Waals surface area (Å²) < 4.78 is 11.3. The maximum Gasteiger partial charge on any atom is 0.252 e. The van der Waals surface area contributed by atoms with E-state index in [0.29, 0.717) is 53.2 Å². The van der Waals surface area contributed by atoms with Gasteiger partial charge in [-0.3, -0.25) is 14.4 Å². The number of amides is 3. The summed E-state index contributed by atoms with van der Waals surface area (Å²) in [5, 5.41) is 5.57. The van der Waals surface area contributed by atoms with Gasteiger partial charge in [-0.1, -0.05) is 12.1 Å². The fourth-order valence-electron chi connectivity index (χ4n) is 3.62. The maximum atomic E-state index is 12.6. The molecule has 2 aromatic rings. The van der Waals surface area contributed by atoms with Gasteiger partial charge in [0.2, 0.25) is 18.6 Å². The highest BCUT2D eigenvalue weighted by Crippen LogP contribution is 2.34. The molecule has 2 aliphatic rings. The Kier molecular flexibility index (Phi) is 6.41. The molecule has 0 atom stereocenters. The van der Waals surface area contributed by atoms with Crippen molar-refractivity contribution in [1.82, 2.24) is 10.2 Å². The smallest absolute Gasteiger partial charge is 0.252 e. The van der Waals surface area contributed by atoms with Crippen LogP contribution in [0.15, 0.2) is 46.9 Å². The molecule has 4 rings (SSSR count). The van der Waals surface area contributed by atoms with E-state index in [9.17, 15) is 14.4 Å². The van der Waals surface area contributed by atoms with Gasteiger partial charge in [0.1, 0.15) is 0 Å². The molecular formula is C22H22BrN3O5. The van der Waals surface area contributed by atoms with Crippen molar-refractivity contribution in [2.45, 2.75) is 12.8 Å². The number of piperidine rings is 1. The molecule has 2 heterocycles. The van der Waals surface area contributed by atoms with Crippen molar-refractivity contribution >= 4 is 39.3 Å². The SMILES string of the molecule is O=C(NCC(=O)N1CCC(C(=O)Nc2ccc3c(c2)OCO3)CC1)c1ccccc1Br. The first kappa shape index (κ1) is 21.2. The first-order valence-corrected chi connectivity index (χ1v) is 10.8. The van der Waals surface area contributed by atoms with E-state index in [1.807, 2.05) is 6.07 Å². The summed E-state index contributed by atoms with van der Waals surface area (Å²) >= 11 is 3.33. The third-order valence-electron chi connectivity index (χ3n) is 5.38. The standard InChI is InChI=1S/C22H22BrN3O5/c23-17-4-2-1-3-16(17)22(29)24-12-20(27)26-9-7-14(8-10-26)21(28)25-15-5-6-18-19(11-15)31-13-30-18/h1-6,11,14H,7-10,12-13H2,(H,24,29)(H,25,28). The van der Waals surface area contributed by atoms with Crippen LogP contribution < -0.4 is 20.1 Å². The van der Waals surface area contributed by atoms with E-state index in [1.54, 1.807) is 41.3 Å². The number of rotatable bonds is 5. The molecule has 1 fully saturated rings.